The van der Waals surface area contributed by atoms with Crippen molar-refractivity contribution < 1.29 is 4.79 Å². The van der Waals surface area contributed by atoms with Crippen LogP contribution in [0.4, 0.5) is 16.3 Å². The topological polar surface area (TPSA) is 85.0 Å². The van der Waals surface area contributed by atoms with Crippen LogP contribution in [0.15, 0.2) is 59.1 Å². The van der Waals surface area contributed by atoms with Crippen molar-refractivity contribution in [3.63, 3.8) is 0 Å². The van der Waals surface area contributed by atoms with E-state index in [1.807, 2.05) is 54.6 Å². The molecule has 2 aromatic carbocycles. The average Bonchev–Trinajstić information content (AvgIpc) is 3.06. The van der Waals surface area contributed by atoms with Crippen LogP contribution >= 0.6 is 15.9 Å². The lowest BCUT2D eigenvalue weighted by Gasteiger charge is -2.14. The molecule has 0 bridgehead atoms. The Labute approximate surface area is 173 Å². The summed E-state index contributed by atoms with van der Waals surface area (Å²) in [7, 11) is 0. The van der Waals surface area contributed by atoms with Gasteiger partial charge in [0.15, 0.2) is 0 Å². The minimum Gasteiger partial charge on any atom is -0.326 e. The number of anilines is 2. The van der Waals surface area contributed by atoms with Crippen molar-refractivity contribution in [2.24, 2.45) is 5.73 Å². The molecule has 0 aliphatic carbocycles. The number of hydrogen-bond donors (Lipinski definition) is 3. The SMILES string of the molecule is CC(C)(C)c1cc(NC(=O)Nc2cccc(Br)c2)n(-c2cccc(CN)c2)n1. The number of aromatic nitrogens is 2. The molecule has 146 valence electrons. The van der Waals surface area contributed by atoms with Gasteiger partial charge in [-0.05, 0) is 35.9 Å². The number of benzene rings is 2. The van der Waals surface area contributed by atoms with Crippen LogP contribution in [-0.2, 0) is 12.0 Å². The van der Waals surface area contributed by atoms with Gasteiger partial charge in [0.1, 0.15) is 5.82 Å². The summed E-state index contributed by atoms with van der Waals surface area (Å²) in [6.45, 7) is 6.69. The van der Waals surface area contributed by atoms with Crippen molar-refractivity contribution in [1.29, 1.82) is 0 Å². The molecule has 1 aromatic heterocycles. The molecule has 6 nitrogen and oxygen atoms in total. The maximum absolute atomic E-state index is 12.6. The molecule has 0 saturated heterocycles. The molecule has 2 amide bonds. The van der Waals surface area contributed by atoms with Crippen molar-refractivity contribution >= 4 is 33.5 Å². The second kappa shape index (κ2) is 8.16. The molecule has 7 heteroatoms. The summed E-state index contributed by atoms with van der Waals surface area (Å²) in [4.78, 5) is 12.6. The number of nitrogens with zero attached hydrogens (tertiary/aromatic N) is 2. The van der Waals surface area contributed by atoms with E-state index in [4.69, 9.17) is 10.8 Å². The Morgan fingerprint density at radius 3 is 2.54 bits per heavy atom. The van der Waals surface area contributed by atoms with E-state index < -0.39 is 0 Å². The first-order valence-electron chi connectivity index (χ1n) is 9.00. The molecule has 0 atom stereocenters. The molecule has 28 heavy (non-hydrogen) atoms. The van der Waals surface area contributed by atoms with Crippen molar-refractivity contribution in [1.82, 2.24) is 9.78 Å². The van der Waals surface area contributed by atoms with Gasteiger partial charge in [0.25, 0.3) is 0 Å². The van der Waals surface area contributed by atoms with E-state index in [1.54, 1.807) is 4.68 Å². The monoisotopic (exact) mass is 441 g/mol. The van der Waals surface area contributed by atoms with Crippen molar-refractivity contribution in [3.8, 4) is 5.69 Å². The maximum atomic E-state index is 12.6. The Bertz CT molecular complexity index is 990. The molecule has 0 aliphatic heterocycles. The first-order chi connectivity index (χ1) is 13.3. The molecule has 0 aliphatic rings. The summed E-state index contributed by atoms with van der Waals surface area (Å²) in [5.74, 6) is 0.589. The van der Waals surface area contributed by atoms with Crippen molar-refractivity contribution in [2.75, 3.05) is 10.6 Å². The lowest BCUT2D eigenvalue weighted by molar-refractivity contribution is 0.262. The number of nitrogens with two attached hydrogens (primary N) is 1. The number of amides is 2. The molecule has 0 saturated carbocycles. The van der Waals surface area contributed by atoms with Crippen LogP contribution in [0, 0.1) is 0 Å². The molecular formula is C21H24BrN5O. The zero-order valence-electron chi connectivity index (χ0n) is 16.2. The van der Waals surface area contributed by atoms with Crippen molar-refractivity contribution in [2.45, 2.75) is 32.7 Å². The summed E-state index contributed by atoms with van der Waals surface area (Å²) in [5.41, 5.74) is 9.03. The van der Waals surface area contributed by atoms with Gasteiger partial charge in [-0.1, -0.05) is 54.9 Å². The smallest absolute Gasteiger partial charge is 0.324 e. The van der Waals surface area contributed by atoms with E-state index in [0.717, 1.165) is 21.4 Å². The summed E-state index contributed by atoms with van der Waals surface area (Å²) in [6.07, 6.45) is 0. The Morgan fingerprint density at radius 2 is 1.86 bits per heavy atom. The van der Waals surface area contributed by atoms with Crippen LogP contribution in [-0.4, -0.2) is 15.8 Å². The summed E-state index contributed by atoms with van der Waals surface area (Å²) in [6, 6.07) is 16.8. The number of halogens is 1. The number of carbonyl (C=O) groups is 1. The van der Waals surface area contributed by atoms with Gasteiger partial charge in [0.2, 0.25) is 0 Å². The molecule has 0 fully saturated rings. The fourth-order valence-electron chi connectivity index (χ4n) is 2.69. The predicted molar refractivity (Wildman–Crippen MR) is 117 cm³/mol. The van der Waals surface area contributed by atoms with E-state index in [-0.39, 0.29) is 11.4 Å². The van der Waals surface area contributed by atoms with E-state index in [0.29, 0.717) is 18.1 Å². The van der Waals surface area contributed by atoms with E-state index in [2.05, 4.69) is 47.3 Å². The predicted octanol–water partition coefficient (Wildman–Crippen LogP) is 5.04. The lowest BCUT2D eigenvalue weighted by atomic mass is 9.92. The van der Waals surface area contributed by atoms with Gasteiger partial charge in [-0.25, -0.2) is 9.48 Å². The number of nitrogens with one attached hydrogen (secondary N) is 2. The van der Waals surface area contributed by atoms with Gasteiger partial charge in [0.05, 0.1) is 11.4 Å². The molecule has 0 spiro atoms. The quantitative estimate of drug-likeness (QED) is 0.530. The molecule has 1 heterocycles. The highest BCUT2D eigenvalue weighted by Crippen LogP contribution is 2.27. The van der Waals surface area contributed by atoms with E-state index in [1.165, 1.54) is 0 Å². The molecule has 0 radical (unpaired) electrons. The standard InChI is InChI=1S/C21H24BrN5O/c1-21(2,3)18-12-19(25-20(28)24-16-8-5-7-15(22)11-16)27(26-18)17-9-4-6-14(10-17)13-23/h4-12H,13,23H2,1-3H3,(H2,24,25,28). The molecule has 4 N–H and O–H groups in total. The Balaban J connectivity index is 1.92. The van der Waals surface area contributed by atoms with Crippen molar-refractivity contribution in [3.05, 3.63) is 70.3 Å². The Morgan fingerprint density at radius 1 is 1.11 bits per heavy atom. The first-order valence-corrected chi connectivity index (χ1v) is 9.79. The lowest BCUT2D eigenvalue weighted by Crippen LogP contribution is -2.21. The fourth-order valence-corrected chi connectivity index (χ4v) is 3.09. The first kappa shape index (κ1) is 20.1. The van der Waals surface area contributed by atoms with E-state index >= 15 is 0 Å². The Hall–Kier alpha value is -2.64. The van der Waals surface area contributed by atoms with Gasteiger partial charge in [-0.15, -0.1) is 0 Å². The van der Waals surface area contributed by atoms with Crippen LogP contribution < -0.4 is 16.4 Å². The van der Waals surface area contributed by atoms with Gasteiger partial charge in [-0.3, -0.25) is 5.32 Å². The summed E-state index contributed by atoms with van der Waals surface area (Å²) < 4.78 is 2.63. The highest BCUT2D eigenvalue weighted by Gasteiger charge is 2.21. The van der Waals surface area contributed by atoms with Gasteiger partial charge >= 0.3 is 6.03 Å². The fraction of sp³-hybridized carbons (Fsp3) is 0.238. The minimum atomic E-state index is -0.338. The molecule has 3 aromatic rings. The maximum Gasteiger partial charge on any atom is 0.324 e. The number of hydrogen-bond acceptors (Lipinski definition) is 3. The normalized spacial score (nSPS) is 11.3. The van der Waals surface area contributed by atoms with Gasteiger partial charge in [0, 0.05) is 28.2 Å². The second-order valence-corrected chi connectivity index (χ2v) is 8.46. The third-order valence-corrected chi connectivity index (χ3v) is 4.69. The van der Waals surface area contributed by atoms with Crippen LogP contribution in [0.5, 0.6) is 0 Å². The minimum absolute atomic E-state index is 0.159. The highest BCUT2D eigenvalue weighted by atomic mass is 79.9. The van der Waals surface area contributed by atoms with Crippen LogP contribution in [0.2, 0.25) is 0 Å². The third kappa shape index (κ3) is 4.79. The largest absolute Gasteiger partial charge is 0.326 e. The summed E-state index contributed by atoms with van der Waals surface area (Å²) >= 11 is 3.40. The molecular weight excluding hydrogens is 418 g/mol. The van der Waals surface area contributed by atoms with Gasteiger partial charge < -0.3 is 11.1 Å². The van der Waals surface area contributed by atoms with Crippen LogP contribution in [0.25, 0.3) is 5.69 Å². The average molecular weight is 442 g/mol. The number of urea groups is 1. The zero-order chi connectivity index (χ0) is 20.3. The number of rotatable bonds is 4. The summed E-state index contributed by atoms with van der Waals surface area (Å²) in [5, 5.41) is 10.5. The third-order valence-electron chi connectivity index (χ3n) is 4.19. The van der Waals surface area contributed by atoms with Crippen LogP contribution in [0.3, 0.4) is 0 Å². The zero-order valence-corrected chi connectivity index (χ0v) is 17.7. The second-order valence-electron chi connectivity index (χ2n) is 7.54. The highest BCUT2D eigenvalue weighted by molar-refractivity contribution is 9.10. The van der Waals surface area contributed by atoms with Crippen LogP contribution in [0.1, 0.15) is 32.0 Å². The molecule has 3 rings (SSSR count). The van der Waals surface area contributed by atoms with E-state index in [9.17, 15) is 4.79 Å². The molecule has 0 unspecified atom stereocenters. The number of carbonyl (C=O) groups excluding carboxylic acids is 1. The van der Waals surface area contributed by atoms with Gasteiger partial charge in [-0.2, -0.15) is 5.10 Å². The Kier molecular flexibility index (Phi) is 5.86.